The normalized spacial score (nSPS) is 13.2. The number of ether oxygens (including phenoxy) is 2. The maximum atomic E-state index is 12.3. The lowest BCUT2D eigenvalue weighted by atomic mass is 9.79. The molecule has 1 heterocycles. The van der Waals surface area contributed by atoms with Crippen LogP contribution in [0.5, 0.6) is 5.75 Å². The predicted octanol–water partition coefficient (Wildman–Crippen LogP) is 2.85. The fourth-order valence-corrected chi connectivity index (χ4v) is 3.69. The lowest BCUT2D eigenvalue weighted by Gasteiger charge is -2.29. The van der Waals surface area contributed by atoms with Gasteiger partial charge < -0.3 is 30.7 Å². The number of rotatable bonds is 5. The van der Waals surface area contributed by atoms with Crippen LogP contribution in [-0.2, 0) is 19.1 Å². The molecule has 0 unspecified atom stereocenters. The number of hydrogen-bond acceptors (Lipinski definition) is 10. The number of phenols is 1. The van der Waals surface area contributed by atoms with E-state index in [-0.39, 0.29) is 33.7 Å². The van der Waals surface area contributed by atoms with Crippen molar-refractivity contribution < 1.29 is 39.0 Å². The van der Waals surface area contributed by atoms with Crippen molar-refractivity contribution in [3.63, 3.8) is 0 Å². The largest absolute Gasteiger partial charge is 0.507 e. The number of aromatic carboxylic acids is 1. The molecule has 5 N–H and O–H groups in total. The molecule has 12 heteroatoms. The molecule has 0 spiro atoms. The van der Waals surface area contributed by atoms with Crippen molar-refractivity contribution in [2.24, 2.45) is 0 Å². The van der Waals surface area contributed by atoms with Crippen LogP contribution in [0.1, 0.15) is 35.7 Å². The molecule has 0 atom stereocenters. The second kappa shape index (κ2) is 11.5. The molecule has 0 saturated heterocycles. The number of nitrogens with one attached hydrogen (secondary N) is 1. The van der Waals surface area contributed by atoms with Gasteiger partial charge in [0, 0.05) is 28.7 Å². The number of carbonyl (C=O) groups excluding carboxylic acids is 2. The molecule has 0 bridgehead atoms. The first-order chi connectivity index (χ1) is 16.9. The molecule has 0 aromatic heterocycles. The maximum absolute atomic E-state index is 12.3. The summed E-state index contributed by atoms with van der Waals surface area (Å²) in [5.41, 5.74) is 6.63. The van der Waals surface area contributed by atoms with Crippen molar-refractivity contribution in [3.05, 3.63) is 86.2 Å². The van der Waals surface area contributed by atoms with Gasteiger partial charge in [-0.25, -0.2) is 14.4 Å². The summed E-state index contributed by atoms with van der Waals surface area (Å²) in [4.78, 5) is 45.9. The van der Waals surface area contributed by atoms with Crippen LogP contribution in [0.2, 0.25) is 0 Å². The van der Waals surface area contributed by atoms with E-state index in [2.05, 4.69) is 5.32 Å². The third-order valence-electron chi connectivity index (χ3n) is 5.27. The van der Waals surface area contributed by atoms with E-state index in [0.717, 1.165) is 0 Å². The molecular weight excluding hydrogens is 474 g/mol. The first kappa shape index (κ1) is 27.4. The fraction of sp³-hybridized carbons (Fsp3) is 0.208. The van der Waals surface area contributed by atoms with Crippen LogP contribution in [0, 0.1) is 10.1 Å². The number of para-hydroxylation sites is 1. The number of methoxy groups -OCH3 is 2. The second-order valence-corrected chi connectivity index (χ2v) is 7.52. The number of hydrogen-bond donors (Lipinski definition) is 4. The molecule has 1 aliphatic heterocycles. The van der Waals surface area contributed by atoms with E-state index in [1.165, 1.54) is 50.6 Å². The first-order valence-electron chi connectivity index (χ1n) is 10.3. The van der Waals surface area contributed by atoms with Crippen molar-refractivity contribution in [2.75, 3.05) is 20.0 Å². The summed E-state index contributed by atoms with van der Waals surface area (Å²) in [6.07, 6.45) is 0. The highest BCUT2D eigenvalue weighted by Crippen LogP contribution is 2.42. The van der Waals surface area contributed by atoms with Gasteiger partial charge in [-0.2, -0.15) is 0 Å². The highest BCUT2D eigenvalue weighted by molar-refractivity contribution is 6.00. The van der Waals surface area contributed by atoms with Crippen LogP contribution < -0.4 is 11.1 Å². The van der Waals surface area contributed by atoms with Crippen molar-refractivity contribution in [3.8, 4) is 5.75 Å². The number of dihydropyridines is 1. The van der Waals surface area contributed by atoms with Gasteiger partial charge in [0.15, 0.2) is 0 Å². The number of carbonyl (C=O) groups is 3. The van der Waals surface area contributed by atoms with Crippen molar-refractivity contribution in [2.45, 2.75) is 19.8 Å². The third-order valence-corrected chi connectivity index (χ3v) is 5.27. The van der Waals surface area contributed by atoms with E-state index in [4.69, 9.17) is 25.4 Å². The molecule has 190 valence electrons. The summed E-state index contributed by atoms with van der Waals surface area (Å²) < 4.78 is 9.66. The van der Waals surface area contributed by atoms with Crippen molar-refractivity contribution >= 4 is 29.3 Å². The number of allylic oxidation sites excluding steroid dienone is 2. The zero-order valence-electron chi connectivity index (χ0n) is 19.9. The third kappa shape index (κ3) is 5.78. The number of nitrogen functional groups attached to an aromatic ring is 1. The number of esters is 2. The average Bonchev–Trinajstić information content (AvgIpc) is 2.84. The number of nitro benzene ring substituents is 1. The van der Waals surface area contributed by atoms with Crippen LogP contribution in [-0.4, -0.2) is 47.3 Å². The topological polar surface area (TPSA) is 191 Å². The standard InChI is InChI=1S/C17H18N2O6.C7H7NO3/c1-9-13(16(20)24-3)15(14(10(2)18-9)17(21)25-4)11-7-5-6-8-12(11)19(22)23;8-4-1-2-6(9)5(3-4)7(10)11/h5-8,15,18H,1-4H3;1-3,9H,8H2,(H,10,11). The molecule has 2 aromatic rings. The van der Waals surface area contributed by atoms with Gasteiger partial charge in [-0.05, 0) is 32.0 Å². The molecule has 1 aliphatic rings. The molecule has 0 radical (unpaired) electrons. The number of nitrogens with two attached hydrogens (primary N) is 1. The Morgan fingerprint density at radius 1 is 1.00 bits per heavy atom. The molecule has 36 heavy (non-hydrogen) atoms. The van der Waals surface area contributed by atoms with Gasteiger partial charge in [0.2, 0.25) is 0 Å². The Morgan fingerprint density at radius 2 is 1.53 bits per heavy atom. The molecule has 0 fully saturated rings. The number of carboxylic acids is 1. The summed E-state index contributed by atoms with van der Waals surface area (Å²) in [7, 11) is 2.42. The van der Waals surface area contributed by atoms with Gasteiger partial charge in [-0.1, -0.05) is 18.2 Å². The van der Waals surface area contributed by atoms with Gasteiger partial charge in [-0.15, -0.1) is 0 Å². The zero-order chi connectivity index (χ0) is 27.2. The number of nitro groups is 1. The fourth-order valence-electron chi connectivity index (χ4n) is 3.69. The Hall–Kier alpha value is -4.87. The Bertz CT molecular complexity index is 1240. The number of benzene rings is 2. The zero-order valence-corrected chi connectivity index (χ0v) is 19.9. The number of carboxylic acid groups (broad SMARTS) is 1. The number of nitrogens with zero attached hydrogens (tertiary/aromatic N) is 1. The Morgan fingerprint density at radius 3 is 1.97 bits per heavy atom. The molecule has 0 amide bonds. The monoisotopic (exact) mass is 499 g/mol. The number of anilines is 1. The smallest absolute Gasteiger partial charge is 0.339 e. The summed E-state index contributed by atoms with van der Waals surface area (Å²) in [5.74, 6) is -3.78. The number of aromatic hydroxyl groups is 1. The quantitative estimate of drug-likeness (QED) is 0.155. The van der Waals surface area contributed by atoms with Gasteiger partial charge in [0.25, 0.3) is 5.69 Å². The highest BCUT2D eigenvalue weighted by atomic mass is 16.6. The molecule has 12 nitrogen and oxygen atoms in total. The Kier molecular flexibility index (Phi) is 8.75. The summed E-state index contributed by atoms with van der Waals surface area (Å²) in [6, 6.07) is 9.86. The van der Waals surface area contributed by atoms with Gasteiger partial charge >= 0.3 is 17.9 Å². The van der Waals surface area contributed by atoms with Gasteiger partial charge in [-0.3, -0.25) is 10.1 Å². The van der Waals surface area contributed by atoms with E-state index in [9.17, 15) is 24.5 Å². The lowest BCUT2D eigenvalue weighted by Crippen LogP contribution is -2.32. The van der Waals surface area contributed by atoms with E-state index in [1.54, 1.807) is 19.9 Å². The van der Waals surface area contributed by atoms with Crippen LogP contribution in [0.25, 0.3) is 0 Å². The minimum absolute atomic E-state index is 0.128. The molecule has 2 aromatic carbocycles. The second-order valence-electron chi connectivity index (χ2n) is 7.52. The van der Waals surface area contributed by atoms with Crippen LogP contribution >= 0.6 is 0 Å². The van der Waals surface area contributed by atoms with Crippen molar-refractivity contribution in [1.29, 1.82) is 0 Å². The molecule has 0 saturated carbocycles. The summed E-state index contributed by atoms with van der Waals surface area (Å²) in [5, 5.41) is 31.8. The van der Waals surface area contributed by atoms with Gasteiger partial charge in [0.1, 0.15) is 11.3 Å². The van der Waals surface area contributed by atoms with E-state index < -0.39 is 28.7 Å². The molecule has 0 aliphatic carbocycles. The molecule has 3 rings (SSSR count). The summed E-state index contributed by atoms with van der Waals surface area (Å²) in [6.45, 7) is 3.29. The summed E-state index contributed by atoms with van der Waals surface area (Å²) >= 11 is 0. The van der Waals surface area contributed by atoms with E-state index in [0.29, 0.717) is 17.1 Å². The van der Waals surface area contributed by atoms with E-state index >= 15 is 0 Å². The first-order valence-corrected chi connectivity index (χ1v) is 10.3. The maximum Gasteiger partial charge on any atom is 0.339 e. The highest BCUT2D eigenvalue weighted by Gasteiger charge is 2.40. The van der Waals surface area contributed by atoms with E-state index in [1.807, 2.05) is 0 Å². The minimum atomic E-state index is -1.19. The van der Waals surface area contributed by atoms with Crippen LogP contribution in [0.4, 0.5) is 11.4 Å². The average molecular weight is 499 g/mol. The van der Waals surface area contributed by atoms with Crippen LogP contribution in [0.3, 0.4) is 0 Å². The Balaban J connectivity index is 0.000000346. The lowest BCUT2D eigenvalue weighted by molar-refractivity contribution is -0.385. The molecular formula is C24H25N3O9. The Labute approximate surface area is 205 Å². The SMILES string of the molecule is COC(=O)C1=C(C)NC(C)=C(C(=O)OC)C1c1ccccc1[N+](=O)[O-].Nc1ccc(O)c(C(=O)O)c1. The van der Waals surface area contributed by atoms with Crippen molar-refractivity contribution in [1.82, 2.24) is 5.32 Å². The minimum Gasteiger partial charge on any atom is -0.507 e. The van der Waals surface area contributed by atoms with Crippen LogP contribution in [0.15, 0.2) is 65.0 Å². The van der Waals surface area contributed by atoms with Gasteiger partial charge in [0.05, 0.1) is 36.2 Å². The predicted molar refractivity (Wildman–Crippen MR) is 128 cm³/mol.